The molecule has 1 aliphatic heterocycles. The Morgan fingerprint density at radius 2 is 1.85 bits per heavy atom. The summed E-state index contributed by atoms with van der Waals surface area (Å²) >= 11 is 0. The number of amides is 2. The molecule has 0 bridgehead atoms. The molecule has 20 heavy (non-hydrogen) atoms. The third kappa shape index (κ3) is 3.00. The lowest BCUT2D eigenvalue weighted by Crippen LogP contribution is -2.63. The molecule has 2 unspecified atom stereocenters. The maximum atomic E-state index is 12.2. The molecule has 108 valence electrons. The molecule has 1 heterocycles. The van der Waals surface area contributed by atoms with Gasteiger partial charge in [0.25, 0.3) is 0 Å². The standard InChI is InChI=1S/C16H22N2O2/c1-11(2)15-16(20)17-10-14(19)18(15)12(3)9-13-7-5-4-6-8-13/h4-8,11-12,15H,9-10H2,1-3H3,(H,17,20). The highest BCUT2D eigenvalue weighted by atomic mass is 16.2. The number of carbonyl (C=O) groups is 2. The number of carbonyl (C=O) groups excluding carboxylic acids is 2. The minimum absolute atomic E-state index is 0.00623. The van der Waals surface area contributed by atoms with Crippen LogP contribution >= 0.6 is 0 Å². The van der Waals surface area contributed by atoms with E-state index in [1.165, 1.54) is 5.56 Å². The molecule has 1 fully saturated rings. The Labute approximate surface area is 120 Å². The van der Waals surface area contributed by atoms with E-state index in [0.717, 1.165) is 6.42 Å². The number of nitrogens with one attached hydrogen (secondary N) is 1. The zero-order valence-electron chi connectivity index (χ0n) is 12.3. The molecule has 0 spiro atoms. The maximum absolute atomic E-state index is 12.2. The van der Waals surface area contributed by atoms with Crippen molar-refractivity contribution >= 4 is 11.8 Å². The first-order chi connectivity index (χ1) is 9.50. The van der Waals surface area contributed by atoms with Gasteiger partial charge in [0, 0.05) is 6.04 Å². The summed E-state index contributed by atoms with van der Waals surface area (Å²) in [7, 11) is 0. The van der Waals surface area contributed by atoms with Gasteiger partial charge in [0.1, 0.15) is 6.04 Å². The molecule has 1 aromatic carbocycles. The summed E-state index contributed by atoms with van der Waals surface area (Å²) < 4.78 is 0. The Kier molecular flexibility index (Phi) is 4.42. The Bertz CT molecular complexity index is 485. The van der Waals surface area contributed by atoms with E-state index >= 15 is 0 Å². The van der Waals surface area contributed by atoms with Crippen LogP contribution in [0.25, 0.3) is 0 Å². The van der Waals surface area contributed by atoms with E-state index < -0.39 is 0 Å². The molecule has 1 saturated heterocycles. The fourth-order valence-corrected chi connectivity index (χ4v) is 2.84. The van der Waals surface area contributed by atoms with Crippen LogP contribution in [0.3, 0.4) is 0 Å². The second kappa shape index (κ2) is 6.07. The number of nitrogens with zero attached hydrogens (tertiary/aromatic N) is 1. The van der Waals surface area contributed by atoms with Gasteiger partial charge in [-0.25, -0.2) is 0 Å². The van der Waals surface area contributed by atoms with Crippen LogP contribution < -0.4 is 5.32 Å². The molecule has 1 aliphatic rings. The summed E-state index contributed by atoms with van der Waals surface area (Å²) in [5, 5.41) is 2.68. The van der Waals surface area contributed by atoms with E-state index in [9.17, 15) is 9.59 Å². The highest BCUT2D eigenvalue weighted by molar-refractivity contribution is 5.95. The van der Waals surface area contributed by atoms with Crippen molar-refractivity contribution in [2.45, 2.75) is 39.3 Å². The van der Waals surface area contributed by atoms with Gasteiger partial charge in [0.05, 0.1) is 6.54 Å². The number of benzene rings is 1. The van der Waals surface area contributed by atoms with Gasteiger partial charge in [-0.2, -0.15) is 0 Å². The first kappa shape index (κ1) is 14.6. The highest BCUT2D eigenvalue weighted by Crippen LogP contribution is 2.20. The second-order valence-electron chi connectivity index (χ2n) is 5.75. The van der Waals surface area contributed by atoms with E-state index in [1.54, 1.807) is 4.90 Å². The summed E-state index contributed by atoms with van der Waals surface area (Å²) in [6, 6.07) is 9.72. The molecule has 0 aliphatic carbocycles. The van der Waals surface area contributed by atoms with Crippen LogP contribution in [-0.2, 0) is 16.0 Å². The van der Waals surface area contributed by atoms with E-state index in [-0.39, 0.29) is 36.4 Å². The van der Waals surface area contributed by atoms with Crippen LogP contribution in [0.1, 0.15) is 26.3 Å². The average molecular weight is 274 g/mol. The van der Waals surface area contributed by atoms with E-state index in [2.05, 4.69) is 17.4 Å². The molecule has 1 aromatic rings. The van der Waals surface area contributed by atoms with Crippen molar-refractivity contribution in [3.63, 3.8) is 0 Å². The SMILES string of the molecule is CC(C)C1C(=O)NCC(=O)N1C(C)Cc1ccccc1. The molecule has 4 heteroatoms. The van der Waals surface area contributed by atoms with Gasteiger partial charge >= 0.3 is 0 Å². The molecule has 0 radical (unpaired) electrons. The van der Waals surface area contributed by atoms with Crippen LogP contribution in [0.15, 0.2) is 30.3 Å². The van der Waals surface area contributed by atoms with Crippen LogP contribution in [0, 0.1) is 5.92 Å². The second-order valence-corrected chi connectivity index (χ2v) is 5.75. The molecule has 0 aromatic heterocycles. The smallest absolute Gasteiger partial charge is 0.243 e. The monoisotopic (exact) mass is 274 g/mol. The summed E-state index contributed by atoms with van der Waals surface area (Å²) in [6.07, 6.45) is 0.767. The van der Waals surface area contributed by atoms with Crippen LogP contribution in [-0.4, -0.2) is 35.3 Å². The first-order valence-electron chi connectivity index (χ1n) is 7.13. The number of hydrogen-bond donors (Lipinski definition) is 1. The summed E-state index contributed by atoms with van der Waals surface area (Å²) in [4.78, 5) is 26.0. The van der Waals surface area contributed by atoms with Crippen molar-refractivity contribution in [1.82, 2.24) is 10.2 Å². The van der Waals surface area contributed by atoms with Crippen molar-refractivity contribution in [3.05, 3.63) is 35.9 Å². The van der Waals surface area contributed by atoms with Crippen molar-refractivity contribution in [1.29, 1.82) is 0 Å². The third-order valence-electron chi connectivity index (χ3n) is 3.75. The van der Waals surface area contributed by atoms with Crippen LogP contribution in [0.4, 0.5) is 0 Å². The average Bonchev–Trinajstić information content (AvgIpc) is 2.41. The Hall–Kier alpha value is -1.84. The van der Waals surface area contributed by atoms with Crippen molar-refractivity contribution in [2.24, 2.45) is 5.92 Å². The molecule has 2 rings (SSSR count). The normalized spacial score (nSPS) is 21.0. The lowest BCUT2D eigenvalue weighted by Gasteiger charge is -2.41. The van der Waals surface area contributed by atoms with Gasteiger partial charge in [0.2, 0.25) is 11.8 Å². The molecule has 2 amide bonds. The van der Waals surface area contributed by atoms with Crippen LogP contribution in [0.2, 0.25) is 0 Å². The van der Waals surface area contributed by atoms with Crippen molar-refractivity contribution in [2.75, 3.05) is 6.54 Å². The zero-order valence-corrected chi connectivity index (χ0v) is 12.3. The topological polar surface area (TPSA) is 49.4 Å². The van der Waals surface area contributed by atoms with Crippen molar-refractivity contribution < 1.29 is 9.59 Å². The van der Waals surface area contributed by atoms with Crippen molar-refractivity contribution in [3.8, 4) is 0 Å². The molecule has 0 saturated carbocycles. The predicted octanol–water partition coefficient (Wildman–Crippen LogP) is 1.60. The fourth-order valence-electron chi connectivity index (χ4n) is 2.84. The Morgan fingerprint density at radius 3 is 2.45 bits per heavy atom. The number of piperazine rings is 1. The Morgan fingerprint density at radius 1 is 1.20 bits per heavy atom. The molecule has 2 atom stereocenters. The molecular weight excluding hydrogens is 252 g/mol. The minimum atomic E-state index is -0.366. The predicted molar refractivity (Wildman–Crippen MR) is 78.1 cm³/mol. The van der Waals surface area contributed by atoms with Gasteiger partial charge in [0.15, 0.2) is 0 Å². The summed E-state index contributed by atoms with van der Waals surface area (Å²) in [6.45, 7) is 6.08. The van der Waals surface area contributed by atoms with E-state index in [4.69, 9.17) is 0 Å². The number of rotatable bonds is 4. The summed E-state index contributed by atoms with van der Waals surface area (Å²) in [5.41, 5.74) is 1.18. The first-order valence-corrected chi connectivity index (χ1v) is 7.13. The van der Waals surface area contributed by atoms with Gasteiger partial charge in [-0.1, -0.05) is 44.2 Å². The Balaban J connectivity index is 2.18. The van der Waals surface area contributed by atoms with Gasteiger partial charge in [-0.15, -0.1) is 0 Å². The zero-order chi connectivity index (χ0) is 14.7. The summed E-state index contributed by atoms with van der Waals surface area (Å²) in [5.74, 6) is 0.0729. The van der Waals surface area contributed by atoms with E-state index in [0.29, 0.717) is 0 Å². The largest absolute Gasteiger partial charge is 0.345 e. The molecule has 1 N–H and O–H groups in total. The third-order valence-corrected chi connectivity index (χ3v) is 3.75. The molecular formula is C16H22N2O2. The van der Waals surface area contributed by atoms with Gasteiger partial charge < -0.3 is 10.2 Å². The lowest BCUT2D eigenvalue weighted by molar-refractivity contribution is -0.149. The van der Waals surface area contributed by atoms with Gasteiger partial charge in [-0.3, -0.25) is 9.59 Å². The van der Waals surface area contributed by atoms with Gasteiger partial charge in [-0.05, 0) is 24.8 Å². The maximum Gasteiger partial charge on any atom is 0.243 e. The quantitative estimate of drug-likeness (QED) is 0.906. The fraction of sp³-hybridized carbons (Fsp3) is 0.500. The van der Waals surface area contributed by atoms with Crippen LogP contribution in [0.5, 0.6) is 0 Å². The highest BCUT2D eigenvalue weighted by Gasteiger charge is 2.38. The molecule has 4 nitrogen and oxygen atoms in total. The number of hydrogen-bond acceptors (Lipinski definition) is 2. The minimum Gasteiger partial charge on any atom is -0.345 e. The lowest BCUT2D eigenvalue weighted by atomic mass is 9.95. The van der Waals surface area contributed by atoms with E-state index in [1.807, 2.05) is 39.0 Å².